The smallest absolute Gasteiger partial charge is 0.263 e. The largest absolute Gasteiger partial charge is 0.271 e. The van der Waals surface area contributed by atoms with Crippen molar-refractivity contribution in [2.75, 3.05) is 9.91 Å². The van der Waals surface area contributed by atoms with Gasteiger partial charge in [-0.05, 0) is 48.9 Å². The second-order valence-corrected chi connectivity index (χ2v) is 6.27. The molecule has 25 heavy (non-hydrogen) atoms. The summed E-state index contributed by atoms with van der Waals surface area (Å²) in [6, 6.07) is 8.68. The van der Waals surface area contributed by atoms with E-state index in [1.54, 1.807) is 18.2 Å². The molecule has 2 aromatic rings. The van der Waals surface area contributed by atoms with E-state index in [1.807, 2.05) is 6.92 Å². The molecule has 2 aliphatic heterocycles. The van der Waals surface area contributed by atoms with Gasteiger partial charge in [-0.2, -0.15) is 5.11 Å². The van der Waals surface area contributed by atoms with E-state index >= 15 is 0 Å². The lowest BCUT2D eigenvalue weighted by Crippen LogP contribution is -2.39. The number of carbonyl (C=O) groups is 2. The fraction of sp³-hybridized carbons (Fsp3) is 0.176. The van der Waals surface area contributed by atoms with Crippen LogP contribution in [0.1, 0.15) is 5.56 Å². The molecule has 0 N–H and O–H groups in total. The summed E-state index contributed by atoms with van der Waals surface area (Å²) in [5, 5.41) is 9.67. The van der Waals surface area contributed by atoms with Crippen LogP contribution in [0.3, 0.4) is 0 Å². The van der Waals surface area contributed by atoms with Crippen LogP contribution in [0.2, 0.25) is 5.02 Å². The molecule has 4 rings (SSSR count). The highest BCUT2D eigenvalue weighted by Gasteiger charge is 2.55. The van der Waals surface area contributed by atoms with E-state index in [0.717, 1.165) is 10.5 Å². The van der Waals surface area contributed by atoms with E-state index < -0.39 is 29.7 Å². The van der Waals surface area contributed by atoms with Gasteiger partial charge in [-0.1, -0.05) is 22.9 Å². The third-order valence-electron chi connectivity index (χ3n) is 4.29. The van der Waals surface area contributed by atoms with Crippen LogP contribution in [0, 0.1) is 12.7 Å². The van der Waals surface area contributed by atoms with Gasteiger partial charge in [0, 0.05) is 5.02 Å². The van der Waals surface area contributed by atoms with Gasteiger partial charge in [0.2, 0.25) is 0 Å². The van der Waals surface area contributed by atoms with Gasteiger partial charge >= 0.3 is 0 Å². The molecular weight excluding hydrogens is 347 g/mol. The van der Waals surface area contributed by atoms with Crippen molar-refractivity contribution in [3.8, 4) is 0 Å². The summed E-state index contributed by atoms with van der Waals surface area (Å²) in [6.45, 7) is 1.83. The van der Waals surface area contributed by atoms with Crippen molar-refractivity contribution in [2.24, 2.45) is 10.3 Å². The maximum atomic E-state index is 13.1. The molecule has 0 aliphatic carbocycles. The van der Waals surface area contributed by atoms with Crippen LogP contribution >= 0.6 is 11.6 Å². The minimum atomic E-state index is -0.919. The summed E-state index contributed by atoms with van der Waals surface area (Å²) >= 11 is 6.11. The normalized spacial score (nSPS) is 22.0. The first kappa shape index (κ1) is 15.7. The molecule has 2 amide bonds. The number of fused-ring (bicyclic) bond motifs is 1. The second kappa shape index (κ2) is 5.63. The number of halogens is 2. The minimum absolute atomic E-state index is 0.397. The summed E-state index contributed by atoms with van der Waals surface area (Å²) in [7, 11) is 0. The van der Waals surface area contributed by atoms with E-state index in [4.69, 9.17) is 11.6 Å². The van der Waals surface area contributed by atoms with Crippen molar-refractivity contribution in [3.63, 3.8) is 0 Å². The van der Waals surface area contributed by atoms with Gasteiger partial charge in [0.1, 0.15) is 5.82 Å². The van der Waals surface area contributed by atoms with E-state index in [9.17, 15) is 14.0 Å². The average molecular weight is 359 g/mol. The fourth-order valence-electron chi connectivity index (χ4n) is 2.94. The standard InChI is InChI=1S/C17H12ClFN4O2/c1-9-2-5-12(8-13(9)18)22-16(24)14-15(17(22)25)23(21-20-14)11-6-3-10(19)4-7-11/h2-8,14-15H,1H3/t14-,15-/m1/s1. The molecule has 2 heterocycles. The lowest BCUT2D eigenvalue weighted by molar-refractivity contribution is -0.121. The molecule has 1 saturated heterocycles. The topological polar surface area (TPSA) is 65.3 Å². The van der Waals surface area contributed by atoms with Crippen molar-refractivity contribution in [3.05, 3.63) is 58.9 Å². The molecule has 126 valence electrons. The Kier molecular flexibility index (Phi) is 3.54. The minimum Gasteiger partial charge on any atom is -0.271 e. The first-order chi connectivity index (χ1) is 12.0. The Labute approximate surface area is 147 Å². The maximum Gasteiger partial charge on any atom is 0.263 e. The van der Waals surface area contributed by atoms with Crippen LogP contribution in [0.25, 0.3) is 0 Å². The van der Waals surface area contributed by atoms with Crippen molar-refractivity contribution in [2.45, 2.75) is 19.0 Å². The number of amides is 2. The number of rotatable bonds is 2. The van der Waals surface area contributed by atoms with Gasteiger partial charge in [0.05, 0.1) is 11.4 Å². The Balaban J connectivity index is 1.70. The monoisotopic (exact) mass is 358 g/mol. The van der Waals surface area contributed by atoms with E-state index in [-0.39, 0.29) is 0 Å². The molecule has 0 spiro atoms. The molecule has 8 heteroatoms. The van der Waals surface area contributed by atoms with Crippen LogP contribution in [0.4, 0.5) is 15.8 Å². The summed E-state index contributed by atoms with van der Waals surface area (Å²) in [5.74, 6) is -1.30. The molecule has 6 nitrogen and oxygen atoms in total. The van der Waals surface area contributed by atoms with Gasteiger partial charge < -0.3 is 0 Å². The van der Waals surface area contributed by atoms with Crippen LogP contribution in [-0.2, 0) is 9.59 Å². The lowest BCUT2D eigenvalue weighted by atomic mass is 10.1. The molecule has 0 unspecified atom stereocenters. The first-order valence-electron chi connectivity index (χ1n) is 7.57. The van der Waals surface area contributed by atoms with Crippen molar-refractivity contribution in [1.82, 2.24) is 0 Å². The van der Waals surface area contributed by atoms with E-state index in [0.29, 0.717) is 16.4 Å². The number of nitrogens with zero attached hydrogens (tertiary/aromatic N) is 4. The highest BCUT2D eigenvalue weighted by molar-refractivity contribution is 6.32. The van der Waals surface area contributed by atoms with E-state index in [1.165, 1.54) is 29.3 Å². The Morgan fingerprint density at radius 1 is 1.04 bits per heavy atom. The Morgan fingerprint density at radius 3 is 2.40 bits per heavy atom. The molecule has 2 aromatic carbocycles. The van der Waals surface area contributed by atoms with Gasteiger partial charge in [-0.3, -0.25) is 9.59 Å². The highest BCUT2D eigenvalue weighted by Crippen LogP contribution is 2.35. The Morgan fingerprint density at radius 2 is 1.72 bits per heavy atom. The number of hydrogen-bond acceptors (Lipinski definition) is 5. The molecular formula is C17H12ClFN4O2. The molecule has 1 fully saturated rings. The summed E-state index contributed by atoms with van der Waals surface area (Å²) in [5.41, 5.74) is 1.73. The fourth-order valence-corrected chi connectivity index (χ4v) is 3.12. The predicted molar refractivity (Wildman–Crippen MR) is 90.0 cm³/mol. The Bertz CT molecular complexity index is 915. The number of anilines is 2. The molecule has 2 aliphatic rings. The quantitative estimate of drug-likeness (QED) is 0.774. The number of aryl methyl sites for hydroxylation is 1. The van der Waals surface area contributed by atoms with Gasteiger partial charge in [0.25, 0.3) is 11.8 Å². The second-order valence-electron chi connectivity index (χ2n) is 5.86. The SMILES string of the molecule is Cc1ccc(N2C(=O)[C@@H]3N=NN(c4ccc(F)cc4)[C@H]3C2=O)cc1Cl. The molecule has 2 atom stereocenters. The van der Waals surface area contributed by atoms with E-state index in [2.05, 4.69) is 10.3 Å². The third-order valence-corrected chi connectivity index (χ3v) is 4.69. The molecule has 0 aromatic heterocycles. The molecule has 0 saturated carbocycles. The third kappa shape index (κ3) is 2.39. The summed E-state index contributed by atoms with van der Waals surface area (Å²) in [4.78, 5) is 26.6. The zero-order valence-electron chi connectivity index (χ0n) is 13.1. The summed E-state index contributed by atoms with van der Waals surface area (Å²) < 4.78 is 13.1. The van der Waals surface area contributed by atoms with Crippen molar-refractivity contribution >= 4 is 34.8 Å². The van der Waals surface area contributed by atoms with Crippen molar-refractivity contribution in [1.29, 1.82) is 0 Å². The zero-order chi connectivity index (χ0) is 17.7. The predicted octanol–water partition coefficient (Wildman–Crippen LogP) is 3.29. The van der Waals surface area contributed by atoms with Gasteiger partial charge in [-0.25, -0.2) is 14.3 Å². The van der Waals surface area contributed by atoms with Crippen molar-refractivity contribution < 1.29 is 14.0 Å². The van der Waals surface area contributed by atoms with Crippen LogP contribution in [-0.4, -0.2) is 23.9 Å². The number of imide groups is 1. The number of carbonyl (C=O) groups excluding carboxylic acids is 2. The van der Waals surface area contributed by atoms with Crippen LogP contribution in [0.5, 0.6) is 0 Å². The summed E-state index contributed by atoms with van der Waals surface area (Å²) in [6.07, 6.45) is 0. The van der Waals surface area contributed by atoms with Gasteiger partial charge in [0.15, 0.2) is 12.1 Å². The number of hydrogen-bond donors (Lipinski definition) is 0. The average Bonchev–Trinajstić information content (AvgIpc) is 3.12. The highest BCUT2D eigenvalue weighted by atomic mass is 35.5. The molecule has 0 radical (unpaired) electrons. The van der Waals surface area contributed by atoms with Gasteiger partial charge in [-0.15, -0.1) is 0 Å². The molecule has 0 bridgehead atoms. The number of benzene rings is 2. The Hall–Kier alpha value is -2.80. The van der Waals surface area contributed by atoms with Crippen LogP contribution < -0.4 is 9.91 Å². The zero-order valence-corrected chi connectivity index (χ0v) is 13.8. The first-order valence-corrected chi connectivity index (χ1v) is 7.95. The lowest BCUT2D eigenvalue weighted by Gasteiger charge is -2.20. The maximum absolute atomic E-state index is 13.1. The van der Waals surface area contributed by atoms with Crippen LogP contribution in [0.15, 0.2) is 52.8 Å².